The summed E-state index contributed by atoms with van der Waals surface area (Å²) in [6, 6.07) is 4.35. The molecule has 0 saturated heterocycles. The molecule has 0 nitrogen and oxygen atoms in total. The second-order valence-electron chi connectivity index (χ2n) is 1.22. The molecule has 0 radical (unpaired) electrons. The van der Waals surface area contributed by atoms with E-state index in [1.165, 1.54) is 0 Å². The molecule has 0 amide bonds. The molecule has 1 heterocycles. The summed E-state index contributed by atoms with van der Waals surface area (Å²) < 4.78 is 3.89. The zero-order valence-corrected chi connectivity index (χ0v) is 7.97. The van der Waals surface area contributed by atoms with E-state index < -0.39 is 0 Å². The van der Waals surface area contributed by atoms with Crippen LogP contribution in [0.4, 0.5) is 0 Å². The minimum absolute atomic E-state index is 0.213. The van der Waals surface area contributed by atoms with Gasteiger partial charge in [-0.1, -0.05) is 13.8 Å². The quantitative estimate of drug-likeness (QED) is 0.591. The fraction of sp³-hybridized carbons (Fsp3) is 0.429. The van der Waals surface area contributed by atoms with Crippen molar-refractivity contribution in [3.63, 3.8) is 0 Å². The minimum atomic E-state index is 0.213. The van der Waals surface area contributed by atoms with Gasteiger partial charge in [-0.05, 0) is 0 Å². The third kappa shape index (κ3) is 3.29. The number of hydrogen-bond acceptors (Lipinski definition) is 0. The Labute approximate surface area is 61.2 Å². The molecule has 1 rings (SSSR count). The van der Waals surface area contributed by atoms with Crippen LogP contribution in [0.5, 0.6) is 0 Å². The summed E-state index contributed by atoms with van der Waals surface area (Å²) in [5, 5.41) is 0. The first kappa shape index (κ1) is 8.27. The number of aryl methyl sites for hydroxylation is 1. The molecule has 0 aromatic carbocycles. The number of rotatable bonds is 0. The molecule has 0 aliphatic heterocycles. The van der Waals surface area contributed by atoms with Gasteiger partial charge in [-0.25, -0.2) is 0 Å². The molecule has 0 N–H and O–H groups in total. The van der Waals surface area contributed by atoms with Gasteiger partial charge >= 0.3 is 47.1 Å². The maximum absolute atomic E-state index is 2.29. The zero-order chi connectivity index (χ0) is 6.41. The van der Waals surface area contributed by atoms with Crippen LogP contribution in [-0.2, 0) is 0 Å². The van der Waals surface area contributed by atoms with E-state index in [0.717, 1.165) is 0 Å². The van der Waals surface area contributed by atoms with Gasteiger partial charge in [0.2, 0.25) is 0 Å². The van der Waals surface area contributed by atoms with Crippen LogP contribution in [0.2, 0.25) is 0 Å². The van der Waals surface area contributed by atoms with E-state index in [2.05, 4.69) is 23.1 Å². The molecule has 46 valence electrons. The van der Waals surface area contributed by atoms with Gasteiger partial charge in [0.1, 0.15) is 0 Å². The summed E-state index contributed by atoms with van der Waals surface area (Å²) in [6.45, 7) is 6.20. The molecular formula is C7H12Te. The predicted octanol–water partition coefficient (Wildman–Crippen LogP) is 2.08. The van der Waals surface area contributed by atoms with Crippen LogP contribution >= 0.6 is 0 Å². The fourth-order valence-electron chi connectivity index (χ4n) is 0.361. The summed E-state index contributed by atoms with van der Waals surface area (Å²) in [5.74, 6) is 0. The molecule has 0 atom stereocenters. The Morgan fingerprint density at radius 2 is 2.00 bits per heavy atom. The van der Waals surface area contributed by atoms with E-state index in [-0.39, 0.29) is 20.4 Å². The summed E-state index contributed by atoms with van der Waals surface area (Å²) in [6.07, 6.45) is 0. The van der Waals surface area contributed by atoms with Crippen molar-refractivity contribution >= 4 is 20.4 Å². The van der Waals surface area contributed by atoms with Crippen molar-refractivity contribution in [1.82, 2.24) is 0 Å². The molecule has 1 aromatic rings. The van der Waals surface area contributed by atoms with E-state index in [1.54, 1.807) is 3.58 Å². The number of hydrogen-bond donors (Lipinski definition) is 0. The van der Waals surface area contributed by atoms with Crippen LogP contribution in [0.15, 0.2) is 16.2 Å². The first-order valence-corrected chi connectivity index (χ1v) is 5.41. The molecule has 8 heavy (non-hydrogen) atoms. The van der Waals surface area contributed by atoms with Crippen LogP contribution in [-0.4, -0.2) is 20.4 Å². The van der Waals surface area contributed by atoms with Crippen molar-refractivity contribution in [2.75, 3.05) is 0 Å². The Bertz CT molecular complexity index is 108. The average molecular weight is 224 g/mol. The first-order chi connectivity index (χ1) is 3.89. The molecule has 0 bridgehead atoms. The van der Waals surface area contributed by atoms with Gasteiger partial charge in [0.05, 0.1) is 0 Å². The predicted molar refractivity (Wildman–Crippen MR) is 39.5 cm³/mol. The average Bonchev–Trinajstić information content (AvgIpc) is 2.24. The van der Waals surface area contributed by atoms with Crippen molar-refractivity contribution in [2.24, 2.45) is 0 Å². The Balaban J connectivity index is 0.000000222. The van der Waals surface area contributed by atoms with Gasteiger partial charge in [0.25, 0.3) is 0 Å². The molecule has 0 unspecified atom stereocenters. The van der Waals surface area contributed by atoms with Crippen molar-refractivity contribution in [3.8, 4) is 0 Å². The Kier molecular flexibility index (Phi) is 5.59. The second kappa shape index (κ2) is 5.41. The van der Waals surface area contributed by atoms with Crippen LogP contribution in [0, 0.1) is 6.92 Å². The van der Waals surface area contributed by atoms with E-state index in [0.29, 0.717) is 0 Å². The van der Waals surface area contributed by atoms with Gasteiger partial charge in [0.15, 0.2) is 0 Å². The maximum atomic E-state index is 2.29. The topological polar surface area (TPSA) is 0 Å². The Morgan fingerprint density at radius 1 is 1.38 bits per heavy atom. The first-order valence-electron chi connectivity index (χ1n) is 2.90. The van der Waals surface area contributed by atoms with Crippen LogP contribution < -0.4 is 0 Å². The molecule has 0 fully saturated rings. The standard InChI is InChI=1S/C5H6Te.C2H6/c1-5-3-2-4-6-5;1-2/h2-4H,1H3;1-2H3. The second-order valence-corrected chi connectivity index (χ2v) is 4.51. The monoisotopic (exact) mass is 226 g/mol. The normalized spacial score (nSPS) is 7.38. The van der Waals surface area contributed by atoms with Crippen molar-refractivity contribution < 1.29 is 0 Å². The molecule has 1 heteroatoms. The molecule has 1 aromatic heterocycles. The van der Waals surface area contributed by atoms with E-state index in [1.807, 2.05) is 13.8 Å². The van der Waals surface area contributed by atoms with Gasteiger partial charge in [-0.2, -0.15) is 0 Å². The molecule has 0 saturated carbocycles. The summed E-state index contributed by atoms with van der Waals surface area (Å²) >= 11 is 0.213. The third-order valence-corrected chi connectivity index (χ3v) is 2.95. The van der Waals surface area contributed by atoms with Crippen LogP contribution in [0.3, 0.4) is 0 Å². The molecular weight excluding hydrogens is 212 g/mol. The summed E-state index contributed by atoms with van der Waals surface area (Å²) in [5.41, 5.74) is 0. The van der Waals surface area contributed by atoms with Crippen LogP contribution in [0.25, 0.3) is 0 Å². The third-order valence-electron chi connectivity index (χ3n) is 0.663. The van der Waals surface area contributed by atoms with E-state index in [4.69, 9.17) is 0 Å². The van der Waals surface area contributed by atoms with Crippen molar-refractivity contribution in [2.45, 2.75) is 20.8 Å². The van der Waals surface area contributed by atoms with Gasteiger partial charge in [0, 0.05) is 0 Å². The summed E-state index contributed by atoms with van der Waals surface area (Å²) in [7, 11) is 0. The zero-order valence-electron chi connectivity index (χ0n) is 5.64. The van der Waals surface area contributed by atoms with E-state index in [9.17, 15) is 0 Å². The van der Waals surface area contributed by atoms with E-state index >= 15 is 0 Å². The Hall–Kier alpha value is 0.270. The fourth-order valence-corrected chi connectivity index (χ4v) is 1.87. The van der Waals surface area contributed by atoms with Crippen molar-refractivity contribution in [3.05, 3.63) is 19.8 Å². The SMILES string of the molecule is CC.Cc1ccc[te]1. The van der Waals surface area contributed by atoms with Gasteiger partial charge in [-0.3, -0.25) is 0 Å². The van der Waals surface area contributed by atoms with Crippen molar-refractivity contribution in [1.29, 1.82) is 0 Å². The molecule has 0 spiro atoms. The summed E-state index contributed by atoms with van der Waals surface area (Å²) in [4.78, 5) is 0. The van der Waals surface area contributed by atoms with Crippen LogP contribution in [0.1, 0.15) is 17.4 Å². The van der Waals surface area contributed by atoms with Gasteiger partial charge < -0.3 is 0 Å². The molecule has 0 aliphatic rings. The van der Waals surface area contributed by atoms with Gasteiger partial charge in [-0.15, -0.1) is 0 Å². The molecule has 0 aliphatic carbocycles. The Morgan fingerprint density at radius 3 is 2.12 bits per heavy atom.